The molecule has 82 valence electrons. The Morgan fingerprint density at radius 3 is 2.14 bits per heavy atom. The standard InChI is InChI=1S/C13H23Br/c1-2-3-4-5-6-7-8-9-10-11-12-13-14/h10-13H,2-9H2,1H3/b11-10+,13-12+. The maximum atomic E-state index is 3.24. The van der Waals surface area contributed by atoms with Crippen LogP contribution in [0.1, 0.15) is 58.3 Å². The monoisotopic (exact) mass is 258 g/mol. The van der Waals surface area contributed by atoms with E-state index in [9.17, 15) is 0 Å². The second-order valence-corrected chi connectivity index (χ2v) is 4.19. The van der Waals surface area contributed by atoms with Crippen molar-refractivity contribution < 1.29 is 0 Å². The molecule has 0 N–H and O–H groups in total. The summed E-state index contributed by atoms with van der Waals surface area (Å²) in [5, 5.41) is 0. The van der Waals surface area contributed by atoms with Gasteiger partial charge in [-0.3, -0.25) is 0 Å². The van der Waals surface area contributed by atoms with Crippen LogP contribution in [0.2, 0.25) is 0 Å². The molecule has 0 aromatic rings. The van der Waals surface area contributed by atoms with Gasteiger partial charge >= 0.3 is 0 Å². The number of unbranched alkanes of at least 4 members (excludes halogenated alkanes) is 7. The van der Waals surface area contributed by atoms with Crippen LogP contribution < -0.4 is 0 Å². The first kappa shape index (κ1) is 14.0. The molecule has 0 bridgehead atoms. The minimum absolute atomic E-state index is 1.23. The van der Waals surface area contributed by atoms with Crippen LogP contribution in [0, 0.1) is 0 Å². The lowest BCUT2D eigenvalue weighted by Crippen LogP contribution is -1.78. The van der Waals surface area contributed by atoms with Gasteiger partial charge in [0.05, 0.1) is 0 Å². The highest BCUT2D eigenvalue weighted by Crippen LogP contribution is 2.08. The van der Waals surface area contributed by atoms with E-state index in [0.29, 0.717) is 0 Å². The van der Waals surface area contributed by atoms with Gasteiger partial charge in [0.1, 0.15) is 0 Å². The number of hydrogen-bond acceptors (Lipinski definition) is 0. The van der Waals surface area contributed by atoms with E-state index in [0.717, 1.165) is 0 Å². The third-order valence-electron chi connectivity index (χ3n) is 2.29. The molecule has 0 atom stereocenters. The van der Waals surface area contributed by atoms with Gasteiger partial charge in [-0.25, -0.2) is 0 Å². The smallest absolute Gasteiger partial charge is 0.0189 e. The summed E-state index contributed by atoms with van der Waals surface area (Å²) >= 11 is 3.24. The fourth-order valence-corrected chi connectivity index (χ4v) is 1.61. The first-order valence-corrected chi connectivity index (χ1v) is 6.75. The van der Waals surface area contributed by atoms with Gasteiger partial charge in [-0.05, 0) is 17.8 Å². The molecule has 0 rings (SSSR count). The van der Waals surface area contributed by atoms with Crippen molar-refractivity contribution >= 4 is 15.9 Å². The zero-order valence-electron chi connectivity index (χ0n) is 9.34. The highest BCUT2D eigenvalue weighted by molar-refractivity contribution is 9.11. The van der Waals surface area contributed by atoms with Crippen LogP contribution >= 0.6 is 15.9 Å². The van der Waals surface area contributed by atoms with Crippen molar-refractivity contribution in [3.8, 4) is 0 Å². The molecule has 0 aliphatic heterocycles. The Balaban J connectivity index is 2.98. The van der Waals surface area contributed by atoms with Crippen molar-refractivity contribution in [1.29, 1.82) is 0 Å². The highest BCUT2D eigenvalue weighted by atomic mass is 79.9. The first-order valence-electron chi connectivity index (χ1n) is 5.83. The SMILES string of the molecule is CCCCCCCCC/C=C/C=C/Br. The lowest BCUT2D eigenvalue weighted by Gasteiger charge is -1.98. The van der Waals surface area contributed by atoms with Gasteiger partial charge in [0, 0.05) is 0 Å². The number of rotatable bonds is 9. The van der Waals surface area contributed by atoms with Gasteiger partial charge in [0.2, 0.25) is 0 Å². The molecule has 1 heteroatoms. The molecule has 0 saturated heterocycles. The van der Waals surface area contributed by atoms with Crippen LogP contribution in [0.4, 0.5) is 0 Å². The second-order valence-electron chi connectivity index (χ2n) is 3.66. The van der Waals surface area contributed by atoms with E-state index in [2.05, 4.69) is 35.0 Å². The molecule has 0 unspecified atom stereocenters. The van der Waals surface area contributed by atoms with Crippen molar-refractivity contribution in [1.82, 2.24) is 0 Å². The minimum Gasteiger partial charge on any atom is -0.0845 e. The van der Waals surface area contributed by atoms with Crippen molar-refractivity contribution in [2.45, 2.75) is 58.3 Å². The minimum atomic E-state index is 1.23. The van der Waals surface area contributed by atoms with Crippen molar-refractivity contribution in [2.24, 2.45) is 0 Å². The van der Waals surface area contributed by atoms with Crippen LogP contribution in [-0.2, 0) is 0 Å². The van der Waals surface area contributed by atoms with Gasteiger partial charge in [0.15, 0.2) is 0 Å². The van der Waals surface area contributed by atoms with E-state index in [1.165, 1.54) is 51.4 Å². The highest BCUT2D eigenvalue weighted by Gasteiger charge is 1.88. The topological polar surface area (TPSA) is 0 Å². The predicted octanol–water partition coefficient (Wildman–Crippen LogP) is 5.59. The van der Waals surface area contributed by atoms with Crippen LogP contribution in [-0.4, -0.2) is 0 Å². The normalized spacial score (nSPS) is 11.9. The van der Waals surface area contributed by atoms with Crippen molar-refractivity contribution in [3.63, 3.8) is 0 Å². The van der Waals surface area contributed by atoms with E-state index in [-0.39, 0.29) is 0 Å². The molecule has 0 saturated carbocycles. The maximum Gasteiger partial charge on any atom is -0.0189 e. The molecule has 0 aliphatic rings. The molecule has 0 aromatic heterocycles. The van der Waals surface area contributed by atoms with Crippen LogP contribution in [0.25, 0.3) is 0 Å². The summed E-state index contributed by atoms with van der Waals surface area (Å²) in [6.45, 7) is 2.27. The molecule has 0 fully saturated rings. The summed E-state index contributed by atoms with van der Waals surface area (Å²) in [5.74, 6) is 0. The van der Waals surface area contributed by atoms with Gasteiger partial charge < -0.3 is 0 Å². The number of hydrogen-bond donors (Lipinski definition) is 0. The molecule has 0 spiro atoms. The summed E-state index contributed by atoms with van der Waals surface area (Å²) in [5.41, 5.74) is 0. The van der Waals surface area contributed by atoms with Gasteiger partial charge in [0.25, 0.3) is 0 Å². The van der Waals surface area contributed by atoms with Gasteiger partial charge in [-0.1, -0.05) is 79.6 Å². The van der Waals surface area contributed by atoms with E-state index in [1.807, 2.05) is 11.1 Å². The molecule has 14 heavy (non-hydrogen) atoms. The molecule has 0 heterocycles. The van der Waals surface area contributed by atoms with Gasteiger partial charge in [-0.15, -0.1) is 0 Å². The molecule has 0 nitrogen and oxygen atoms in total. The molecular formula is C13H23Br. The van der Waals surface area contributed by atoms with Crippen LogP contribution in [0.15, 0.2) is 23.2 Å². The summed E-state index contributed by atoms with van der Waals surface area (Å²) in [6.07, 6.45) is 17.4. The third-order valence-corrected chi connectivity index (χ3v) is 2.60. The largest absolute Gasteiger partial charge is 0.0845 e. The summed E-state index contributed by atoms with van der Waals surface area (Å²) < 4.78 is 0. The zero-order valence-corrected chi connectivity index (χ0v) is 10.9. The summed E-state index contributed by atoms with van der Waals surface area (Å²) in [4.78, 5) is 1.88. The fraction of sp³-hybridized carbons (Fsp3) is 0.692. The van der Waals surface area contributed by atoms with Crippen LogP contribution in [0.5, 0.6) is 0 Å². The third kappa shape index (κ3) is 12.0. The molecule has 0 amide bonds. The molecule has 0 radical (unpaired) electrons. The molecule has 0 aromatic carbocycles. The quantitative estimate of drug-likeness (QED) is 0.374. The Hall–Kier alpha value is -0.0400. The van der Waals surface area contributed by atoms with E-state index in [4.69, 9.17) is 0 Å². The fourth-order valence-electron chi connectivity index (χ4n) is 1.44. The number of halogens is 1. The number of allylic oxidation sites excluding steroid dienone is 3. The Morgan fingerprint density at radius 1 is 0.857 bits per heavy atom. The average Bonchev–Trinajstić information content (AvgIpc) is 2.21. The van der Waals surface area contributed by atoms with Gasteiger partial charge in [-0.2, -0.15) is 0 Å². The van der Waals surface area contributed by atoms with E-state index < -0.39 is 0 Å². The average molecular weight is 259 g/mol. The maximum absolute atomic E-state index is 3.24. The zero-order chi connectivity index (χ0) is 10.5. The lowest BCUT2D eigenvalue weighted by atomic mass is 10.1. The first-order chi connectivity index (χ1) is 6.91. The van der Waals surface area contributed by atoms with Crippen molar-refractivity contribution in [3.05, 3.63) is 23.2 Å². The summed E-state index contributed by atoms with van der Waals surface area (Å²) in [6, 6.07) is 0. The lowest BCUT2D eigenvalue weighted by molar-refractivity contribution is 0.592. The van der Waals surface area contributed by atoms with Crippen molar-refractivity contribution in [2.75, 3.05) is 0 Å². The van der Waals surface area contributed by atoms with E-state index >= 15 is 0 Å². The Bertz CT molecular complexity index is 147. The van der Waals surface area contributed by atoms with E-state index in [1.54, 1.807) is 0 Å². The Kier molecular flexibility index (Phi) is 12.9. The molecular weight excluding hydrogens is 236 g/mol. The van der Waals surface area contributed by atoms with Crippen LogP contribution in [0.3, 0.4) is 0 Å². The Labute approximate surface area is 97.6 Å². The second kappa shape index (κ2) is 13.0. The predicted molar refractivity (Wildman–Crippen MR) is 69.8 cm³/mol. The summed E-state index contributed by atoms with van der Waals surface area (Å²) in [7, 11) is 0. The Morgan fingerprint density at radius 2 is 1.50 bits per heavy atom. The molecule has 0 aliphatic carbocycles.